The molecule has 6 rings (SSSR count). The molecule has 1 saturated heterocycles. The van der Waals surface area contributed by atoms with E-state index in [1.54, 1.807) is 6.07 Å². The molecule has 0 spiro atoms. The summed E-state index contributed by atoms with van der Waals surface area (Å²) >= 11 is 1.06. The second-order valence-corrected chi connectivity index (χ2v) is 10.7. The minimum Gasteiger partial charge on any atom is -0.367 e. The van der Waals surface area contributed by atoms with Crippen LogP contribution in [0.4, 0.5) is 19.0 Å². The molecular formula is C26H23F3N8OS. The molecule has 1 N–H and O–H groups in total. The van der Waals surface area contributed by atoms with Gasteiger partial charge in [-0.05, 0) is 42.7 Å². The highest BCUT2D eigenvalue weighted by Gasteiger charge is 2.29. The zero-order chi connectivity index (χ0) is 27.0. The van der Waals surface area contributed by atoms with Gasteiger partial charge in [0.25, 0.3) is 0 Å². The van der Waals surface area contributed by atoms with Crippen molar-refractivity contribution >= 4 is 38.3 Å². The second kappa shape index (κ2) is 10.3. The van der Waals surface area contributed by atoms with Crippen LogP contribution >= 0.6 is 11.3 Å². The lowest BCUT2D eigenvalue weighted by Crippen LogP contribution is -2.38. The lowest BCUT2D eigenvalue weighted by atomic mass is 10.0. The molecule has 5 aromatic rings. The summed E-state index contributed by atoms with van der Waals surface area (Å²) in [6, 6.07) is 12.1. The van der Waals surface area contributed by atoms with Gasteiger partial charge in [0.15, 0.2) is 5.82 Å². The lowest BCUT2D eigenvalue weighted by Gasteiger charge is -2.32. The van der Waals surface area contributed by atoms with Crippen LogP contribution in [0.2, 0.25) is 0 Å². The zero-order valence-corrected chi connectivity index (χ0v) is 21.5. The Labute approximate surface area is 224 Å². The first-order valence-electron chi connectivity index (χ1n) is 12.4. The van der Waals surface area contributed by atoms with Crippen LogP contribution in [0.1, 0.15) is 34.8 Å². The molecule has 1 fully saturated rings. The molecule has 13 heteroatoms. The first kappa shape index (κ1) is 25.3. The Bertz CT molecular complexity index is 1650. The van der Waals surface area contributed by atoms with E-state index in [1.165, 1.54) is 12.7 Å². The van der Waals surface area contributed by atoms with Crippen LogP contribution in [0.15, 0.2) is 47.6 Å². The molecule has 39 heavy (non-hydrogen) atoms. The fraction of sp³-hybridized carbons (Fsp3) is 0.346. The van der Waals surface area contributed by atoms with Crippen LogP contribution in [0.5, 0.6) is 0 Å². The summed E-state index contributed by atoms with van der Waals surface area (Å²) in [5, 5.41) is 18.5. The number of likely N-dealkylation sites (tertiary alicyclic amines) is 1. The predicted molar refractivity (Wildman–Crippen MR) is 139 cm³/mol. The number of halogens is 3. The Kier molecular flexibility index (Phi) is 6.66. The monoisotopic (exact) mass is 552 g/mol. The summed E-state index contributed by atoms with van der Waals surface area (Å²) in [5.41, 5.74) is 2.63. The molecule has 200 valence electrons. The standard InChI is InChI=1S/C26H23F3N8OS/c27-26(28,29)10-20-9-21-24(31-14-32-25(21)39-20)34-18-3-5-36(6-4-18)12-16-1-2-22-17(7-16)8-19(11-30)37(22)13-23-33-15-38-35-23/h1-2,7-9,14-15,18H,3-6,10,12-13H2,(H,31,32,34). The number of hydrogen-bond donors (Lipinski definition) is 1. The topological polar surface area (TPSA) is 109 Å². The van der Waals surface area contributed by atoms with E-state index in [2.05, 4.69) is 48.5 Å². The van der Waals surface area contributed by atoms with Crippen molar-refractivity contribution in [2.45, 2.75) is 44.6 Å². The minimum atomic E-state index is -4.25. The van der Waals surface area contributed by atoms with Crippen LogP contribution in [0.3, 0.4) is 0 Å². The van der Waals surface area contributed by atoms with Crippen molar-refractivity contribution in [3.8, 4) is 6.07 Å². The van der Waals surface area contributed by atoms with Crippen LogP contribution < -0.4 is 5.32 Å². The summed E-state index contributed by atoms with van der Waals surface area (Å²) in [6.45, 7) is 2.88. The Balaban J connectivity index is 1.09. The maximum Gasteiger partial charge on any atom is 0.393 e. The molecule has 1 aromatic carbocycles. The maximum absolute atomic E-state index is 12.8. The normalized spacial score (nSPS) is 15.2. The molecule has 1 aliphatic heterocycles. The number of rotatable bonds is 7. The average Bonchev–Trinajstić information content (AvgIpc) is 3.64. The molecule has 0 atom stereocenters. The average molecular weight is 553 g/mol. The molecule has 0 amide bonds. The fourth-order valence-corrected chi connectivity index (χ4v) is 6.10. The largest absolute Gasteiger partial charge is 0.393 e. The molecule has 0 bridgehead atoms. The van der Waals surface area contributed by atoms with Crippen LogP contribution in [0, 0.1) is 11.3 Å². The predicted octanol–water partition coefficient (Wildman–Crippen LogP) is 5.13. The molecule has 9 nitrogen and oxygen atoms in total. The summed E-state index contributed by atoms with van der Waals surface area (Å²) in [6.07, 6.45) is -0.777. The van der Waals surface area contributed by atoms with Crippen molar-refractivity contribution < 1.29 is 17.7 Å². The van der Waals surface area contributed by atoms with Crippen molar-refractivity contribution in [2.75, 3.05) is 18.4 Å². The Hall–Kier alpha value is -4.02. The molecular weight excluding hydrogens is 529 g/mol. The summed E-state index contributed by atoms with van der Waals surface area (Å²) in [7, 11) is 0. The number of hydrogen-bond acceptors (Lipinski definition) is 9. The molecule has 0 radical (unpaired) electrons. The van der Waals surface area contributed by atoms with Crippen LogP contribution in [-0.2, 0) is 19.5 Å². The van der Waals surface area contributed by atoms with E-state index < -0.39 is 12.6 Å². The van der Waals surface area contributed by atoms with E-state index >= 15 is 0 Å². The van der Waals surface area contributed by atoms with Crippen molar-refractivity contribution in [3.05, 3.63) is 65.0 Å². The zero-order valence-electron chi connectivity index (χ0n) is 20.6. The second-order valence-electron chi connectivity index (χ2n) is 9.61. The van der Waals surface area contributed by atoms with E-state index in [9.17, 15) is 18.4 Å². The first-order valence-corrected chi connectivity index (χ1v) is 13.2. The number of aromatic nitrogens is 5. The highest BCUT2D eigenvalue weighted by Crippen LogP contribution is 2.33. The van der Waals surface area contributed by atoms with E-state index in [0.717, 1.165) is 60.3 Å². The summed E-state index contributed by atoms with van der Waals surface area (Å²) < 4.78 is 45.2. The number of nitrogens with one attached hydrogen (secondary N) is 1. The highest BCUT2D eigenvalue weighted by molar-refractivity contribution is 7.18. The van der Waals surface area contributed by atoms with Gasteiger partial charge in [-0.1, -0.05) is 11.2 Å². The molecule has 0 unspecified atom stereocenters. The molecule has 0 aliphatic carbocycles. The fourth-order valence-electron chi connectivity index (χ4n) is 5.08. The number of anilines is 1. The lowest BCUT2D eigenvalue weighted by molar-refractivity contribution is -0.126. The highest BCUT2D eigenvalue weighted by atomic mass is 32.1. The Morgan fingerprint density at radius 1 is 1.10 bits per heavy atom. The van der Waals surface area contributed by atoms with E-state index in [4.69, 9.17) is 4.52 Å². The van der Waals surface area contributed by atoms with Gasteiger partial charge in [0.1, 0.15) is 28.7 Å². The van der Waals surface area contributed by atoms with Gasteiger partial charge in [0.2, 0.25) is 6.39 Å². The minimum absolute atomic E-state index is 0.171. The van der Waals surface area contributed by atoms with Gasteiger partial charge in [-0.3, -0.25) is 4.90 Å². The molecule has 5 heterocycles. The Morgan fingerprint density at radius 2 is 1.95 bits per heavy atom. The SMILES string of the molecule is N#Cc1cc2cc(CN3CCC(Nc4ncnc5sc(CC(F)(F)F)cc45)CC3)ccc2n1Cc1ncon1. The number of nitrogens with zero attached hydrogens (tertiary/aromatic N) is 7. The number of thiophene rings is 1. The number of nitriles is 1. The number of alkyl halides is 3. The van der Waals surface area contributed by atoms with Crippen LogP contribution in [-0.4, -0.2) is 54.9 Å². The first-order chi connectivity index (χ1) is 18.8. The summed E-state index contributed by atoms with van der Waals surface area (Å²) in [4.78, 5) is 15.7. The van der Waals surface area contributed by atoms with Crippen molar-refractivity contribution in [1.29, 1.82) is 5.26 Å². The van der Waals surface area contributed by atoms with E-state index in [-0.39, 0.29) is 10.9 Å². The van der Waals surface area contributed by atoms with Crippen molar-refractivity contribution in [2.24, 2.45) is 0 Å². The van der Waals surface area contributed by atoms with Gasteiger partial charge in [-0.15, -0.1) is 11.3 Å². The quantitative estimate of drug-likeness (QED) is 0.296. The third kappa shape index (κ3) is 5.57. The number of fused-ring (bicyclic) bond motifs is 2. The third-order valence-corrected chi connectivity index (χ3v) is 7.92. The van der Waals surface area contributed by atoms with Gasteiger partial charge >= 0.3 is 6.18 Å². The van der Waals surface area contributed by atoms with Crippen LogP contribution in [0.25, 0.3) is 21.1 Å². The molecule has 0 saturated carbocycles. The van der Waals surface area contributed by atoms with Crippen molar-refractivity contribution in [1.82, 2.24) is 29.6 Å². The van der Waals surface area contributed by atoms with Gasteiger partial charge in [-0.25, -0.2) is 9.97 Å². The smallest absolute Gasteiger partial charge is 0.367 e. The van der Waals surface area contributed by atoms with E-state index in [0.29, 0.717) is 34.1 Å². The molecule has 1 aliphatic rings. The van der Waals surface area contributed by atoms with Gasteiger partial charge in [-0.2, -0.15) is 23.4 Å². The van der Waals surface area contributed by atoms with Gasteiger partial charge < -0.3 is 14.4 Å². The number of piperidine rings is 1. The maximum atomic E-state index is 12.8. The van der Waals surface area contributed by atoms with Gasteiger partial charge in [0, 0.05) is 41.5 Å². The molecule has 4 aromatic heterocycles. The Morgan fingerprint density at radius 3 is 2.69 bits per heavy atom. The van der Waals surface area contributed by atoms with E-state index in [1.807, 2.05) is 16.7 Å². The number of benzene rings is 1. The van der Waals surface area contributed by atoms with Crippen molar-refractivity contribution in [3.63, 3.8) is 0 Å². The van der Waals surface area contributed by atoms with Gasteiger partial charge in [0.05, 0.1) is 18.4 Å². The third-order valence-electron chi connectivity index (χ3n) is 6.88. The summed E-state index contributed by atoms with van der Waals surface area (Å²) in [5.74, 6) is 1.10.